The molecule has 0 aliphatic carbocycles. The van der Waals surface area contributed by atoms with E-state index >= 15 is 0 Å². The van der Waals surface area contributed by atoms with Crippen LogP contribution in [0.5, 0.6) is 34.5 Å². The molecule has 0 saturated heterocycles. The second kappa shape index (κ2) is 49.4. The van der Waals surface area contributed by atoms with Crippen molar-refractivity contribution in [1.29, 1.82) is 0 Å². The first-order valence-corrected chi connectivity index (χ1v) is 35.0. The molecule has 0 aliphatic rings. The summed E-state index contributed by atoms with van der Waals surface area (Å²) in [6, 6.07) is 24.1. The quantitative estimate of drug-likeness (QED) is 0.0140. The zero-order valence-corrected chi connectivity index (χ0v) is 54.5. The molecule has 9 heteroatoms. The maximum absolute atomic E-state index is 13.5. The predicted molar refractivity (Wildman–Crippen MR) is 358 cm³/mol. The van der Waals surface area contributed by atoms with E-state index in [0.29, 0.717) is 77.6 Å². The summed E-state index contributed by atoms with van der Waals surface area (Å²) in [4.78, 5) is 40.3. The number of ether oxygens (including phenoxy) is 6. The third-order valence-electron chi connectivity index (χ3n) is 16.2. The van der Waals surface area contributed by atoms with E-state index in [2.05, 4.69) is 27.7 Å². The summed E-state index contributed by atoms with van der Waals surface area (Å²) >= 11 is 0. The van der Waals surface area contributed by atoms with Gasteiger partial charge in [0.25, 0.3) is 0 Å². The Morgan fingerprint density at radius 2 is 0.547 bits per heavy atom. The largest absolute Gasteiger partial charge is 0.490 e. The molecular formula is C77H116O9. The Labute approximate surface area is 522 Å². The Morgan fingerprint density at radius 1 is 0.291 bits per heavy atom. The number of esters is 2. The fraction of sp³-hybridized carbons (Fsp3) is 0.623. The Morgan fingerprint density at radius 3 is 0.849 bits per heavy atom. The molecule has 0 unspecified atom stereocenters. The van der Waals surface area contributed by atoms with Crippen molar-refractivity contribution in [3.05, 3.63) is 113 Å². The lowest BCUT2D eigenvalue weighted by molar-refractivity contribution is 0.0724. The fourth-order valence-corrected chi connectivity index (χ4v) is 10.8. The van der Waals surface area contributed by atoms with Crippen LogP contribution in [0.1, 0.15) is 321 Å². The molecule has 0 N–H and O–H groups in total. The lowest BCUT2D eigenvalue weighted by Crippen LogP contribution is -2.10. The molecule has 0 spiro atoms. The first-order valence-electron chi connectivity index (χ1n) is 35.0. The third kappa shape index (κ3) is 34.1. The Hall–Kier alpha value is -5.57. The van der Waals surface area contributed by atoms with Crippen LogP contribution < -0.4 is 28.4 Å². The molecule has 0 radical (unpaired) electrons. The number of carbonyl (C=O) groups excluding carboxylic acids is 3. The van der Waals surface area contributed by atoms with Gasteiger partial charge in [0.1, 0.15) is 11.5 Å². The summed E-state index contributed by atoms with van der Waals surface area (Å²) in [5.41, 5.74) is 1.95. The number of unbranched alkanes of at least 4 members (excludes halogenated alkanes) is 36. The molecular weight excluding hydrogens is 1070 g/mol. The van der Waals surface area contributed by atoms with E-state index in [1.54, 1.807) is 78.9 Å². The Bertz CT molecular complexity index is 2370. The lowest BCUT2D eigenvalue weighted by Gasteiger charge is -2.14. The van der Waals surface area contributed by atoms with Crippen LogP contribution in [0.2, 0.25) is 0 Å². The number of hydrogen-bond acceptors (Lipinski definition) is 9. The first-order chi connectivity index (χ1) is 42.3. The number of allylic oxidation sites excluding steroid dienone is 1. The van der Waals surface area contributed by atoms with E-state index in [-0.39, 0.29) is 5.78 Å². The van der Waals surface area contributed by atoms with Crippen LogP contribution in [0.3, 0.4) is 0 Å². The molecule has 0 heterocycles. The summed E-state index contributed by atoms with van der Waals surface area (Å²) in [5, 5.41) is 0. The lowest BCUT2D eigenvalue weighted by atomic mass is 10.1. The van der Waals surface area contributed by atoms with Gasteiger partial charge in [0.05, 0.1) is 37.6 Å². The average Bonchev–Trinajstić information content (AvgIpc) is 3.65. The maximum atomic E-state index is 13.5. The van der Waals surface area contributed by atoms with E-state index in [1.165, 1.54) is 212 Å². The molecule has 478 valence electrons. The summed E-state index contributed by atoms with van der Waals surface area (Å²) in [6.45, 7) is 11.4. The third-order valence-corrected chi connectivity index (χ3v) is 16.2. The van der Waals surface area contributed by atoms with Gasteiger partial charge in [-0.05, 0) is 110 Å². The van der Waals surface area contributed by atoms with Gasteiger partial charge in [0.2, 0.25) is 0 Å². The number of hydrogen-bond donors (Lipinski definition) is 0. The standard InChI is InChI=1S/C77H116O9/c1-5-9-13-17-21-25-29-33-37-41-59-81-72-57-50-67(63-74(72)83-61-43-39-35-31-27-23-19-15-11-7-3)76(79)85-69-52-45-65(46-53-69)47-56-71(78)66-48-54-70(55-49-66)86-77(80)68-51-58-73(82-60-42-38-34-30-26-22-18-14-10-6-2)75(64-68)84-62-44-40-36-32-28-24-20-16-12-8-4/h45-58,63-64H,5-44,59-62H2,1-4H3/b56-47+. The average molecular weight is 1190 g/mol. The van der Waals surface area contributed by atoms with Gasteiger partial charge in [-0.25, -0.2) is 9.59 Å². The number of ketones is 1. The molecule has 9 nitrogen and oxygen atoms in total. The van der Waals surface area contributed by atoms with Crippen LogP contribution in [0.4, 0.5) is 0 Å². The van der Waals surface area contributed by atoms with Gasteiger partial charge in [-0.2, -0.15) is 0 Å². The summed E-state index contributed by atoms with van der Waals surface area (Å²) < 4.78 is 36.7. The molecule has 86 heavy (non-hydrogen) atoms. The predicted octanol–water partition coefficient (Wildman–Crippen LogP) is 23.2. The van der Waals surface area contributed by atoms with E-state index in [1.807, 2.05) is 12.1 Å². The second-order valence-electron chi connectivity index (χ2n) is 24.0. The highest BCUT2D eigenvalue weighted by atomic mass is 16.5. The van der Waals surface area contributed by atoms with Gasteiger partial charge in [0, 0.05) is 5.56 Å². The highest BCUT2D eigenvalue weighted by molar-refractivity contribution is 6.07. The summed E-state index contributed by atoms with van der Waals surface area (Å²) in [6.07, 6.45) is 53.3. The molecule has 0 aliphatic heterocycles. The van der Waals surface area contributed by atoms with Gasteiger partial charge >= 0.3 is 11.9 Å². The topological polar surface area (TPSA) is 107 Å². The normalized spacial score (nSPS) is 11.3. The van der Waals surface area contributed by atoms with E-state index in [0.717, 1.165) is 56.9 Å². The van der Waals surface area contributed by atoms with Crippen LogP contribution in [0.25, 0.3) is 6.08 Å². The van der Waals surface area contributed by atoms with Gasteiger partial charge in [0.15, 0.2) is 28.8 Å². The number of rotatable bonds is 55. The van der Waals surface area contributed by atoms with E-state index in [4.69, 9.17) is 28.4 Å². The van der Waals surface area contributed by atoms with E-state index in [9.17, 15) is 14.4 Å². The van der Waals surface area contributed by atoms with Gasteiger partial charge in [-0.3, -0.25) is 4.79 Å². The SMILES string of the molecule is CCCCCCCCCCCCOc1ccc(C(=O)Oc2ccc(/C=C/C(=O)c3ccc(OC(=O)c4ccc(OCCCCCCCCCCCC)c(OCCCCCCCCCCCC)c4)cc3)cc2)cc1OCCCCCCCCCCCC. The first kappa shape index (κ1) is 72.9. The smallest absolute Gasteiger partial charge is 0.343 e. The molecule has 0 saturated carbocycles. The van der Waals surface area contributed by atoms with Crippen LogP contribution in [0, 0.1) is 0 Å². The molecule has 4 aromatic carbocycles. The van der Waals surface area contributed by atoms with Crippen molar-refractivity contribution in [2.24, 2.45) is 0 Å². The minimum Gasteiger partial charge on any atom is -0.490 e. The van der Waals surface area contributed by atoms with Crippen molar-refractivity contribution in [2.75, 3.05) is 26.4 Å². The van der Waals surface area contributed by atoms with Crippen molar-refractivity contribution in [1.82, 2.24) is 0 Å². The number of carbonyl (C=O) groups is 3. The number of benzene rings is 4. The van der Waals surface area contributed by atoms with Gasteiger partial charge in [-0.1, -0.05) is 277 Å². The van der Waals surface area contributed by atoms with Crippen molar-refractivity contribution in [2.45, 2.75) is 285 Å². The minimum absolute atomic E-state index is 0.210. The van der Waals surface area contributed by atoms with Crippen LogP contribution in [-0.4, -0.2) is 44.1 Å². The zero-order valence-electron chi connectivity index (χ0n) is 54.5. The molecule has 0 bridgehead atoms. The molecule has 0 aromatic heterocycles. The fourth-order valence-electron chi connectivity index (χ4n) is 10.8. The van der Waals surface area contributed by atoms with Crippen molar-refractivity contribution >= 4 is 23.8 Å². The second-order valence-corrected chi connectivity index (χ2v) is 24.0. The molecule has 0 atom stereocenters. The molecule has 4 rings (SSSR count). The van der Waals surface area contributed by atoms with Crippen molar-refractivity contribution < 1.29 is 42.8 Å². The maximum Gasteiger partial charge on any atom is 0.343 e. The van der Waals surface area contributed by atoms with Crippen LogP contribution in [-0.2, 0) is 0 Å². The van der Waals surface area contributed by atoms with Gasteiger partial charge < -0.3 is 28.4 Å². The summed E-state index contributed by atoms with van der Waals surface area (Å²) in [5.74, 6) is 1.91. The Balaban J connectivity index is 1.27. The minimum atomic E-state index is -0.519. The molecule has 0 amide bonds. The Kier molecular flexibility index (Phi) is 41.9. The monoisotopic (exact) mass is 1180 g/mol. The van der Waals surface area contributed by atoms with Gasteiger partial charge in [-0.15, -0.1) is 0 Å². The molecule has 0 fully saturated rings. The highest BCUT2D eigenvalue weighted by Gasteiger charge is 2.17. The van der Waals surface area contributed by atoms with Crippen molar-refractivity contribution in [3.8, 4) is 34.5 Å². The zero-order chi connectivity index (χ0) is 61.2. The van der Waals surface area contributed by atoms with E-state index < -0.39 is 11.9 Å². The van der Waals surface area contributed by atoms with Crippen LogP contribution >= 0.6 is 0 Å². The highest BCUT2D eigenvalue weighted by Crippen LogP contribution is 2.32. The summed E-state index contributed by atoms with van der Waals surface area (Å²) in [7, 11) is 0. The van der Waals surface area contributed by atoms with Crippen molar-refractivity contribution in [3.63, 3.8) is 0 Å². The molecule has 4 aromatic rings. The van der Waals surface area contributed by atoms with Crippen LogP contribution in [0.15, 0.2) is 91.0 Å².